The van der Waals surface area contributed by atoms with Crippen molar-refractivity contribution in [2.45, 2.75) is 97.9 Å². The summed E-state index contributed by atoms with van der Waals surface area (Å²) in [6, 6.07) is 6.28. The van der Waals surface area contributed by atoms with Gasteiger partial charge in [-0.05, 0) is 86.9 Å². The fourth-order valence-corrected chi connectivity index (χ4v) is 5.15. The summed E-state index contributed by atoms with van der Waals surface area (Å²) >= 11 is 0. The Bertz CT molecular complexity index is 1210. The summed E-state index contributed by atoms with van der Waals surface area (Å²) in [6.07, 6.45) is 5.06. The molecule has 0 aliphatic carbocycles. The van der Waals surface area contributed by atoms with Crippen molar-refractivity contribution in [1.82, 2.24) is 30.1 Å². The van der Waals surface area contributed by atoms with Crippen LogP contribution in [0.5, 0.6) is 0 Å². The second-order valence-electron chi connectivity index (χ2n) is 10.7. The Kier molecular flexibility index (Phi) is 7.71. The zero-order valence-corrected chi connectivity index (χ0v) is 22.1. The van der Waals surface area contributed by atoms with E-state index < -0.39 is 0 Å². The molecule has 3 heterocycles. The zero-order valence-electron chi connectivity index (χ0n) is 22.1. The molecule has 4 rings (SSSR count). The standard InChI is InChI=1S/C27H40N6O2/c1-7-10-23(25-29-30-31-33(25)27(5,6)8-2)32(17-22-11-9-12-35-22)16-21-15-20-14-18(3)13-19(4)24(20)28-26(21)34/h13-15,22-23H,7-12,16-17H2,1-6H3,(H,28,34)/t22-,23+/m0/s1. The van der Waals surface area contributed by atoms with E-state index in [0.29, 0.717) is 6.54 Å². The minimum absolute atomic E-state index is 0.0145. The van der Waals surface area contributed by atoms with Gasteiger partial charge in [-0.25, -0.2) is 4.68 Å². The number of nitrogens with one attached hydrogen (secondary N) is 1. The van der Waals surface area contributed by atoms with Crippen LogP contribution in [0, 0.1) is 13.8 Å². The predicted octanol–water partition coefficient (Wildman–Crippen LogP) is 4.80. The summed E-state index contributed by atoms with van der Waals surface area (Å²) in [7, 11) is 0. The number of ether oxygens (including phenoxy) is 1. The van der Waals surface area contributed by atoms with Crippen molar-refractivity contribution < 1.29 is 4.74 Å². The average molecular weight is 481 g/mol. The molecule has 0 unspecified atom stereocenters. The first-order valence-electron chi connectivity index (χ1n) is 13.0. The first-order valence-corrected chi connectivity index (χ1v) is 13.0. The SMILES string of the molecule is CCC[C@H](c1nnnn1C(C)(C)CC)N(Cc1cc2cc(C)cc(C)c2[nH]c1=O)C[C@@H]1CCCO1. The van der Waals surface area contributed by atoms with E-state index in [1.807, 2.05) is 11.6 Å². The highest BCUT2D eigenvalue weighted by atomic mass is 16.5. The molecule has 0 bridgehead atoms. The molecule has 35 heavy (non-hydrogen) atoms. The average Bonchev–Trinajstić information content (AvgIpc) is 3.51. The molecule has 2 aromatic heterocycles. The lowest BCUT2D eigenvalue weighted by molar-refractivity contribution is 0.0462. The predicted molar refractivity (Wildman–Crippen MR) is 139 cm³/mol. The van der Waals surface area contributed by atoms with Gasteiger partial charge < -0.3 is 9.72 Å². The molecule has 8 heteroatoms. The van der Waals surface area contributed by atoms with E-state index in [1.165, 1.54) is 5.56 Å². The summed E-state index contributed by atoms with van der Waals surface area (Å²) in [4.78, 5) is 18.7. The van der Waals surface area contributed by atoms with Crippen LogP contribution in [-0.2, 0) is 16.8 Å². The molecule has 0 amide bonds. The molecule has 1 aliphatic heterocycles. The lowest BCUT2D eigenvalue weighted by Gasteiger charge is -2.34. The number of pyridine rings is 1. The Hall–Kier alpha value is -2.58. The largest absolute Gasteiger partial charge is 0.377 e. The first kappa shape index (κ1) is 25.5. The van der Waals surface area contributed by atoms with Gasteiger partial charge in [-0.2, -0.15) is 0 Å². The fraction of sp³-hybridized carbons (Fsp3) is 0.630. The molecular formula is C27H40N6O2. The molecule has 1 aliphatic rings. The van der Waals surface area contributed by atoms with Gasteiger partial charge >= 0.3 is 0 Å². The van der Waals surface area contributed by atoms with Crippen LogP contribution < -0.4 is 5.56 Å². The maximum absolute atomic E-state index is 13.2. The van der Waals surface area contributed by atoms with E-state index in [9.17, 15) is 4.79 Å². The molecule has 1 N–H and O–H groups in total. The van der Waals surface area contributed by atoms with Crippen molar-refractivity contribution in [3.8, 4) is 0 Å². The summed E-state index contributed by atoms with van der Waals surface area (Å²) in [5, 5.41) is 14.0. The number of tetrazole rings is 1. The zero-order chi connectivity index (χ0) is 25.2. The van der Waals surface area contributed by atoms with Crippen molar-refractivity contribution in [2.75, 3.05) is 13.2 Å². The second kappa shape index (κ2) is 10.6. The number of fused-ring (bicyclic) bond motifs is 1. The minimum atomic E-state index is -0.199. The van der Waals surface area contributed by atoms with Gasteiger partial charge in [0.2, 0.25) is 0 Å². The summed E-state index contributed by atoms with van der Waals surface area (Å²) < 4.78 is 8.01. The van der Waals surface area contributed by atoms with Crippen LogP contribution >= 0.6 is 0 Å². The van der Waals surface area contributed by atoms with E-state index in [-0.39, 0.29) is 23.2 Å². The summed E-state index contributed by atoms with van der Waals surface area (Å²) in [6.45, 7) is 14.9. The van der Waals surface area contributed by atoms with E-state index in [4.69, 9.17) is 4.74 Å². The van der Waals surface area contributed by atoms with Crippen molar-refractivity contribution in [1.29, 1.82) is 0 Å². The van der Waals surface area contributed by atoms with Gasteiger partial charge in [0, 0.05) is 25.3 Å². The van der Waals surface area contributed by atoms with Gasteiger partial charge in [-0.3, -0.25) is 9.69 Å². The molecule has 0 saturated carbocycles. The third-order valence-electron chi connectivity index (χ3n) is 7.44. The molecule has 0 radical (unpaired) electrons. The Labute approximate surface area is 208 Å². The van der Waals surface area contributed by atoms with Crippen LogP contribution in [-0.4, -0.2) is 49.3 Å². The number of aromatic amines is 1. The van der Waals surface area contributed by atoms with Crippen LogP contribution in [0.3, 0.4) is 0 Å². The van der Waals surface area contributed by atoms with Gasteiger partial charge in [0.1, 0.15) is 0 Å². The first-order chi connectivity index (χ1) is 16.7. The Balaban J connectivity index is 1.76. The van der Waals surface area contributed by atoms with Gasteiger partial charge in [0.15, 0.2) is 5.82 Å². The smallest absolute Gasteiger partial charge is 0.252 e. The van der Waals surface area contributed by atoms with Gasteiger partial charge in [0.25, 0.3) is 5.56 Å². The minimum Gasteiger partial charge on any atom is -0.377 e. The third-order valence-corrected chi connectivity index (χ3v) is 7.44. The molecular weight excluding hydrogens is 440 g/mol. The molecule has 1 saturated heterocycles. The molecule has 2 atom stereocenters. The van der Waals surface area contributed by atoms with Crippen LogP contribution in [0.1, 0.15) is 88.4 Å². The Morgan fingerprint density at radius 2 is 2.06 bits per heavy atom. The highest BCUT2D eigenvalue weighted by molar-refractivity contribution is 5.82. The van der Waals surface area contributed by atoms with Crippen molar-refractivity contribution in [3.05, 3.63) is 51.1 Å². The maximum atomic E-state index is 13.2. The number of benzene rings is 1. The van der Waals surface area contributed by atoms with Crippen molar-refractivity contribution in [2.24, 2.45) is 0 Å². The van der Waals surface area contributed by atoms with E-state index in [1.54, 1.807) is 0 Å². The third kappa shape index (κ3) is 5.48. The number of H-pyrrole nitrogens is 1. The number of hydrogen-bond donors (Lipinski definition) is 1. The molecule has 0 spiro atoms. The van der Waals surface area contributed by atoms with Crippen LogP contribution in [0.2, 0.25) is 0 Å². The molecule has 1 fully saturated rings. The molecule has 190 valence electrons. The van der Waals surface area contributed by atoms with Crippen molar-refractivity contribution in [3.63, 3.8) is 0 Å². The quantitative estimate of drug-likeness (QED) is 0.448. The highest BCUT2D eigenvalue weighted by Gasteiger charge is 2.33. The normalized spacial score (nSPS) is 17.5. The van der Waals surface area contributed by atoms with Gasteiger partial charge in [-0.1, -0.05) is 31.9 Å². The number of aromatic nitrogens is 5. The van der Waals surface area contributed by atoms with E-state index in [0.717, 1.165) is 73.1 Å². The summed E-state index contributed by atoms with van der Waals surface area (Å²) in [5.74, 6) is 0.862. The topological polar surface area (TPSA) is 88.9 Å². The number of rotatable bonds is 10. The van der Waals surface area contributed by atoms with Crippen LogP contribution in [0.4, 0.5) is 0 Å². The van der Waals surface area contributed by atoms with E-state index >= 15 is 0 Å². The van der Waals surface area contributed by atoms with Gasteiger partial charge in [-0.15, -0.1) is 5.10 Å². The summed E-state index contributed by atoms with van der Waals surface area (Å²) in [5.41, 5.74) is 3.71. The van der Waals surface area contributed by atoms with Crippen LogP contribution in [0.25, 0.3) is 10.9 Å². The fourth-order valence-electron chi connectivity index (χ4n) is 5.15. The number of hydrogen-bond acceptors (Lipinski definition) is 6. The Morgan fingerprint density at radius 3 is 2.74 bits per heavy atom. The monoisotopic (exact) mass is 480 g/mol. The van der Waals surface area contributed by atoms with Gasteiger partial charge in [0.05, 0.1) is 23.2 Å². The van der Waals surface area contributed by atoms with E-state index in [2.05, 4.69) is 78.2 Å². The number of aryl methyl sites for hydroxylation is 2. The number of nitrogens with zero attached hydrogens (tertiary/aromatic N) is 5. The highest BCUT2D eigenvalue weighted by Crippen LogP contribution is 2.31. The lowest BCUT2D eigenvalue weighted by Crippen LogP contribution is -2.39. The maximum Gasteiger partial charge on any atom is 0.252 e. The van der Waals surface area contributed by atoms with Crippen LogP contribution in [0.15, 0.2) is 23.0 Å². The lowest BCUT2D eigenvalue weighted by atomic mass is 10.00. The molecule has 1 aromatic carbocycles. The Morgan fingerprint density at radius 1 is 1.26 bits per heavy atom. The molecule has 8 nitrogen and oxygen atoms in total. The van der Waals surface area contributed by atoms with Crippen molar-refractivity contribution >= 4 is 10.9 Å². The molecule has 3 aromatic rings. The second-order valence-corrected chi connectivity index (χ2v) is 10.7.